The molecule has 98 valence electrons. The summed E-state index contributed by atoms with van der Waals surface area (Å²) in [4.78, 5) is 15.9. The van der Waals surface area contributed by atoms with Crippen molar-refractivity contribution in [2.45, 2.75) is 33.1 Å². The molecule has 2 aromatic rings. The molecule has 2 nitrogen and oxygen atoms in total. The first-order valence-electron chi connectivity index (χ1n) is 6.77. The minimum absolute atomic E-state index is 0.116. The van der Waals surface area contributed by atoms with Gasteiger partial charge in [-0.05, 0) is 43.5 Å². The van der Waals surface area contributed by atoms with Crippen LogP contribution in [0.25, 0.3) is 11.3 Å². The number of nitrogens with zero attached hydrogens (tertiary/aromatic N) is 1. The lowest BCUT2D eigenvalue weighted by atomic mass is 9.96. The quantitative estimate of drug-likeness (QED) is 0.744. The molecule has 0 atom stereocenters. The Morgan fingerprint density at radius 1 is 1.21 bits per heavy atom. The molecular formula is C17H19NO. The Morgan fingerprint density at radius 3 is 2.68 bits per heavy atom. The van der Waals surface area contributed by atoms with Gasteiger partial charge in [0.15, 0.2) is 5.78 Å². The second-order valence-electron chi connectivity index (χ2n) is 4.75. The van der Waals surface area contributed by atoms with E-state index in [4.69, 9.17) is 0 Å². The molecule has 0 unspecified atom stereocenters. The smallest absolute Gasteiger partial charge is 0.159 e. The zero-order valence-electron chi connectivity index (χ0n) is 11.5. The third-order valence-corrected chi connectivity index (χ3v) is 3.25. The van der Waals surface area contributed by atoms with Crippen molar-refractivity contribution in [2.24, 2.45) is 0 Å². The van der Waals surface area contributed by atoms with Crippen LogP contribution in [0, 0.1) is 0 Å². The molecule has 2 rings (SSSR count). The Kier molecular flexibility index (Phi) is 4.45. The van der Waals surface area contributed by atoms with Crippen LogP contribution in [0.4, 0.5) is 0 Å². The van der Waals surface area contributed by atoms with Crippen molar-refractivity contribution < 1.29 is 4.79 Å². The van der Waals surface area contributed by atoms with E-state index in [9.17, 15) is 4.79 Å². The standard InChI is InChI=1S/C17H19NO/c1-3-4-7-15-12-14(13(2)19)9-10-16(15)17-8-5-6-11-18-17/h5-6,8-12H,3-4,7H2,1-2H3. The van der Waals surface area contributed by atoms with E-state index in [2.05, 4.69) is 11.9 Å². The summed E-state index contributed by atoms with van der Waals surface area (Å²) in [6, 6.07) is 11.8. The number of pyridine rings is 1. The molecule has 0 saturated carbocycles. The van der Waals surface area contributed by atoms with E-state index in [-0.39, 0.29) is 5.78 Å². The minimum Gasteiger partial charge on any atom is -0.295 e. The number of carbonyl (C=O) groups is 1. The highest BCUT2D eigenvalue weighted by molar-refractivity contribution is 5.94. The predicted octanol–water partition coefficient (Wildman–Crippen LogP) is 4.29. The average molecular weight is 253 g/mol. The first-order valence-corrected chi connectivity index (χ1v) is 6.77. The van der Waals surface area contributed by atoms with Crippen molar-refractivity contribution in [2.75, 3.05) is 0 Å². The summed E-state index contributed by atoms with van der Waals surface area (Å²) in [5.74, 6) is 0.116. The van der Waals surface area contributed by atoms with Gasteiger partial charge in [0.2, 0.25) is 0 Å². The number of aromatic nitrogens is 1. The molecule has 0 N–H and O–H groups in total. The number of Topliss-reactive ketones (excluding diaryl/α,β-unsaturated/α-hetero) is 1. The van der Waals surface area contributed by atoms with Gasteiger partial charge in [0.1, 0.15) is 0 Å². The van der Waals surface area contributed by atoms with Crippen molar-refractivity contribution in [3.05, 3.63) is 53.7 Å². The topological polar surface area (TPSA) is 30.0 Å². The molecule has 0 fully saturated rings. The number of ketones is 1. The Labute approximate surface area is 114 Å². The molecule has 0 aliphatic carbocycles. The second kappa shape index (κ2) is 6.28. The third-order valence-electron chi connectivity index (χ3n) is 3.25. The number of rotatable bonds is 5. The molecule has 0 radical (unpaired) electrons. The molecular weight excluding hydrogens is 234 g/mol. The fraction of sp³-hybridized carbons (Fsp3) is 0.294. The van der Waals surface area contributed by atoms with Crippen LogP contribution in [0.2, 0.25) is 0 Å². The Balaban J connectivity index is 2.44. The van der Waals surface area contributed by atoms with Gasteiger partial charge in [-0.2, -0.15) is 0 Å². The maximum absolute atomic E-state index is 11.5. The summed E-state index contributed by atoms with van der Waals surface area (Å²) < 4.78 is 0. The fourth-order valence-electron chi connectivity index (χ4n) is 2.16. The van der Waals surface area contributed by atoms with Crippen LogP contribution in [0.1, 0.15) is 42.6 Å². The first kappa shape index (κ1) is 13.5. The average Bonchev–Trinajstić information content (AvgIpc) is 2.45. The summed E-state index contributed by atoms with van der Waals surface area (Å²) in [7, 11) is 0. The largest absolute Gasteiger partial charge is 0.295 e. The van der Waals surface area contributed by atoms with Crippen LogP contribution in [-0.2, 0) is 6.42 Å². The zero-order chi connectivity index (χ0) is 13.7. The summed E-state index contributed by atoms with van der Waals surface area (Å²) in [5, 5.41) is 0. The molecule has 0 bridgehead atoms. The number of hydrogen-bond donors (Lipinski definition) is 0. The molecule has 1 heterocycles. The lowest BCUT2D eigenvalue weighted by Crippen LogP contribution is -1.98. The molecule has 19 heavy (non-hydrogen) atoms. The van der Waals surface area contributed by atoms with E-state index in [1.54, 1.807) is 13.1 Å². The van der Waals surface area contributed by atoms with Gasteiger partial charge in [-0.25, -0.2) is 0 Å². The molecule has 0 amide bonds. The third kappa shape index (κ3) is 3.28. The van der Waals surface area contributed by atoms with E-state index < -0.39 is 0 Å². The van der Waals surface area contributed by atoms with Gasteiger partial charge in [-0.15, -0.1) is 0 Å². The molecule has 2 heteroatoms. The van der Waals surface area contributed by atoms with Gasteiger partial charge in [0, 0.05) is 17.3 Å². The van der Waals surface area contributed by atoms with Crippen LogP contribution >= 0.6 is 0 Å². The molecule has 1 aromatic heterocycles. The molecule has 0 aliphatic rings. The molecule has 0 aliphatic heterocycles. The van der Waals surface area contributed by atoms with E-state index in [0.29, 0.717) is 0 Å². The molecule has 1 aromatic carbocycles. The van der Waals surface area contributed by atoms with Crippen molar-refractivity contribution in [3.63, 3.8) is 0 Å². The van der Waals surface area contributed by atoms with Gasteiger partial charge < -0.3 is 0 Å². The Bertz CT molecular complexity index is 561. The van der Waals surface area contributed by atoms with Gasteiger partial charge in [-0.3, -0.25) is 9.78 Å². The second-order valence-corrected chi connectivity index (χ2v) is 4.75. The summed E-state index contributed by atoms with van der Waals surface area (Å²) in [5.41, 5.74) is 4.11. The van der Waals surface area contributed by atoms with E-state index in [1.165, 1.54) is 5.56 Å². The summed E-state index contributed by atoms with van der Waals surface area (Å²) >= 11 is 0. The highest BCUT2D eigenvalue weighted by Gasteiger charge is 2.09. The fourth-order valence-corrected chi connectivity index (χ4v) is 2.16. The lowest BCUT2D eigenvalue weighted by Gasteiger charge is -2.10. The van der Waals surface area contributed by atoms with E-state index >= 15 is 0 Å². The van der Waals surface area contributed by atoms with Crippen LogP contribution in [0.15, 0.2) is 42.6 Å². The normalized spacial score (nSPS) is 10.4. The SMILES string of the molecule is CCCCc1cc(C(C)=O)ccc1-c1ccccn1. The predicted molar refractivity (Wildman–Crippen MR) is 78.3 cm³/mol. The van der Waals surface area contributed by atoms with Gasteiger partial charge in [0.25, 0.3) is 0 Å². The van der Waals surface area contributed by atoms with Crippen LogP contribution in [-0.4, -0.2) is 10.8 Å². The van der Waals surface area contributed by atoms with E-state index in [1.807, 2.05) is 36.4 Å². The highest BCUT2D eigenvalue weighted by atomic mass is 16.1. The number of aryl methyl sites for hydroxylation is 1. The van der Waals surface area contributed by atoms with Crippen LogP contribution < -0.4 is 0 Å². The first-order chi connectivity index (χ1) is 9.22. The summed E-state index contributed by atoms with van der Waals surface area (Å²) in [6.45, 7) is 3.79. The Hall–Kier alpha value is -1.96. The number of carbonyl (C=O) groups excluding carboxylic acids is 1. The summed E-state index contributed by atoms with van der Waals surface area (Å²) in [6.07, 6.45) is 5.06. The van der Waals surface area contributed by atoms with Crippen molar-refractivity contribution in [1.82, 2.24) is 4.98 Å². The number of benzene rings is 1. The zero-order valence-corrected chi connectivity index (χ0v) is 11.5. The molecule has 0 saturated heterocycles. The number of hydrogen-bond acceptors (Lipinski definition) is 2. The van der Waals surface area contributed by atoms with E-state index in [0.717, 1.165) is 36.1 Å². The van der Waals surface area contributed by atoms with Gasteiger partial charge in [-0.1, -0.05) is 31.5 Å². The number of unbranched alkanes of at least 4 members (excludes halogenated alkanes) is 1. The maximum Gasteiger partial charge on any atom is 0.159 e. The molecule has 0 spiro atoms. The van der Waals surface area contributed by atoms with Gasteiger partial charge in [0.05, 0.1) is 5.69 Å². The van der Waals surface area contributed by atoms with Crippen molar-refractivity contribution in [3.8, 4) is 11.3 Å². The maximum atomic E-state index is 11.5. The van der Waals surface area contributed by atoms with Crippen LogP contribution in [0.5, 0.6) is 0 Å². The minimum atomic E-state index is 0.116. The van der Waals surface area contributed by atoms with Gasteiger partial charge >= 0.3 is 0 Å². The lowest BCUT2D eigenvalue weighted by molar-refractivity contribution is 0.101. The van der Waals surface area contributed by atoms with Crippen molar-refractivity contribution in [1.29, 1.82) is 0 Å². The van der Waals surface area contributed by atoms with Crippen LogP contribution in [0.3, 0.4) is 0 Å². The Morgan fingerprint density at radius 2 is 2.05 bits per heavy atom. The highest BCUT2D eigenvalue weighted by Crippen LogP contribution is 2.24. The van der Waals surface area contributed by atoms with Crippen molar-refractivity contribution >= 4 is 5.78 Å². The monoisotopic (exact) mass is 253 g/mol.